The van der Waals surface area contributed by atoms with E-state index < -0.39 is 0 Å². The van der Waals surface area contributed by atoms with Crippen LogP contribution < -0.4 is 10.6 Å². The monoisotopic (exact) mass is 397 g/mol. The number of hydrogen-bond donors (Lipinski definition) is 2. The van der Waals surface area contributed by atoms with Crippen LogP contribution >= 0.6 is 11.6 Å². The van der Waals surface area contributed by atoms with E-state index in [4.69, 9.17) is 16.3 Å². The van der Waals surface area contributed by atoms with Gasteiger partial charge in [-0.15, -0.1) is 5.10 Å². The Labute approximate surface area is 168 Å². The summed E-state index contributed by atoms with van der Waals surface area (Å²) in [7, 11) is 0. The molecule has 0 amide bonds. The lowest BCUT2D eigenvalue weighted by atomic mass is 10.1. The van der Waals surface area contributed by atoms with Crippen LogP contribution in [0.3, 0.4) is 0 Å². The van der Waals surface area contributed by atoms with Gasteiger partial charge in [-0.2, -0.15) is 10.1 Å². The summed E-state index contributed by atoms with van der Waals surface area (Å²) < 4.78 is 4.97. The van der Waals surface area contributed by atoms with Crippen LogP contribution in [0.25, 0.3) is 0 Å². The fourth-order valence-corrected chi connectivity index (χ4v) is 2.72. The minimum atomic E-state index is -0.349. The molecule has 2 N–H and O–H groups in total. The van der Waals surface area contributed by atoms with Gasteiger partial charge in [-0.1, -0.05) is 23.7 Å². The maximum absolute atomic E-state index is 11.7. The summed E-state index contributed by atoms with van der Waals surface area (Å²) >= 11 is 6.00. The smallest absolute Gasteiger partial charge is 0.338 e. The molecule has 0 aliphatic carbocycles. The van der Waals surface area contributed by atoms with Crippen LogP contribution in [0.5, 0.6) is 0 Å². The number of halogens is 1. The van der Waals surface area contributed by atoms with Crippen LogP contribution in [0.2, 0.25) is 5.02 Å². The van der Waals surface area contributed by atoms with Gasteiger partial charge in [0.1, 0.15) is 0 Å². The third-order valence-corrected chi connectivity index (χ3v) is 4.05. The quantitative estimate of drug-likeness (QED) is 0.553. The Bertz CT molecular complexity index is 934. The molecule has 2 aromatic carbocycles. The predicted molar refractivity (Wildman–Crippen MR) is 109 cm³/mol. The summed E-state index contributed by atoms with van der Waals surface area (Å²) in [6.45, 7) is 2.80. The molecule has 0 aliphatic heterocycles. The lowest BCUT2D eigenvalue weighted by Crippen LogP contribution is -2.09. The fourth-order valence-electron chi connectivity index (χ4n) is 2.50. The van der Waals surface area contributed by atoms with Gasteiger partial charge in [0.25, 0.3) is 0 Å². The highest BCUT2D eigenvalue weighted by atomic mass is 35.5. The normalized spacial score (nSPS) is 10.4. The molecule has 8 heteroatoms. The second kappa shape index (κ2) is 9.66. The maximum atomic E-state index is 11.7. The number of aromatic nitrogens is 3. The number of nitrogens with one attached hydrogen (secondary N) is 2. The second-order valence-electron chi connectivity index (χ2n) is 5.89. The number of carbonyl (C=O) groups excluding carboxylic acids is 1. The molecule has 0 unspecified atom stereocenters. The van der Waals surface area contributed by atoms with Gasteiger partial charge in [0.05, 0.1) is 18.4 Å². The van der Waals surface area contributed by atoms with Crippen molar-refractivity contribution < 1.29 is 9.53 Å². The first-order valence-electron chi connectivity index (χ1n) is 8.86. The highest BCUT2D eigenvalue weighted by molar-refractivity contribution is 6.30. The topological polar surface area (TPSA) is 89.0 Å². The van der Waals surface area contributed by atoms with Crippen molar-refractivity contribution in [3.63, 3.8) is 0 Å². The van der Waals surface area contributed by atoms with Gasteiger partial charge < -0.3 is 15.4 Å². The highest BCUT2D eigenvalue weighted by Crippen LogP contribution is 2.15. The molecule has 0 spiro atoms. The van der Waals surface area contributed by atoms with Gasteiger partial charge >= 0.3 is 5.97 Å². The summed E-state index contributed by atoms with van der Waals surface area (Å²) in [4.78, 5) is 16.1. The van der Waals surface area contributed by atoms with Crippen molar-refractivity contribution >= 4 is 35.0 Å². The van der Waals surface area contributed by atoms with Gasteiger partial charge in [-0.05, 0) is 55.3 Å². The largest absolute Gasteiger partial charge is 0.462 e. The number of hydrogen-bond acceptors (Lipinski definition) is 7. The minimum absolute atomic E-state index is 0.343. The molecule has 1 aromatic heterocycles. The maximum Gasteiger partial charge on any atom is 0.338 e. The van der Waals surface area contributed by atoms with E-state index in [0.717, 1.165) is 22.7 Å². The van der Waals surface area contributed by atoms with Gasteiger partial charge in [0, 0.05) is 17.3 Å². The van der Waals surface area contributed by atoms with E-state index in [1.54, 1.807) is 37.4 Å². The third-order valence-electron chi connectivity index (χ3n) is 3.82. The molecule has 0 atom stereocenters. The number of esters is 1. The Morgan fingerprint density at radius 2 is 2.00 bits per heavy atom. The third kappa shape index (κ3) is 5.65. The molecule has 0 fully saturated rings. The van der Waals surface area contributed by atoms with Crippen LogP contribution in [-0.4, -0.2) is 34.3 Å². The number of rotatable bonds is 8. The molecule has 7 nitrogen and oxygen atoms in total. The van der Waals surface area contributed by atoms with E-state index in [-0.39, 0.29) is 5.97 Å². The van der Waals surface area contributed by atoms with Crippen molar-refractivity contribution in [2.45, 2.75) is 13.3 Å². The molecule has 0 aliphatic rings. The van der Waals surface area contributed by atoms with Gasteiger partial charge in [0.15, 0.2) is 5.82 Å². The zero-order valence-electron chi connectivity index (χ0n) is 15.4. The Morgan fingerprint density at radius 1 is 1.18 bits per heavy atom. The number of benzene rings is 2. The van der Waals surface area contributed by atoms with E-state index in [9.17, 15) is 4.79 Å². The summed E-state index contributed by atoms with van der Waals surface area (Å²) in [5.74, 6) is 0.622. The van der Waals surface area contributed by atoms with E-state index in [1.165, 1.54) is 0 Å². The fraction of sp³-hybridized carbons (Fsp3) is 0.200. The molecule has 3 aromatic rings. The van der Waals surface area contributed by atoms with Gasteiger partial charge in [-0.25, -0.2) is 4.79 Å². The minimum Gasteiger partial charge on any atom is -0.462 e. The van der Waals surface area contributed by atoms with E-state index in [2.05, 4.69) is 25.8 Å². The first kappa shape index (κ1) is 19.6. The standard InChI is InChI=1S/C20H20ClN5O2/c1-2-28-19(27)15-6-8-17(9-7-15)24-20-25-18(13-23-26-20)22-11-10-14-4-3-5-16(21)12-14/h3-9,12-13H,2,10-11H2,1H3,(H2,22,24,25,26). The first-order chi connectivity index (χ1) is 13.6. The Kier molecular flexibility index (Phi) is 6.75. The number of nitrogens with zero attached hydrogens (tertiary/aromatic N) is 3. The van der Waals surface area contributed by atoms with Crippen molar-refractivity contribution in [1.82, 2.24) is 15.2 Å². The Hall–Kier alpha value is -3.19. The molecule has 3 rings (SSSR count). The van der Waals surface area contributed by atoms with Crippen molar-refractivity contribution in [1.29, 1.82) is 0 Å². The Morgan fingerprint density at radius 3 is 2.75 bits per heavy atom. The van der Waals surface area contributed by atoms with E-state index in [1.807, 2.05) is 24.3 Å². The van der Waals surface area contributed by atoms with Gasteiger partial charge in [0.2, 0.25) is 5.95 Å². The van der Waals surface area contributed by atoms with Crippen molar-refractivity contribution in [3.05, 3.63) is 70.9 Å². The van der Waals surface area contributed by atoms with E-state index in [0.29, 0.717) is 30.5 Å². The summed E-state index contributed by atoms with van der Waals surface area (Å²) in [5.41, 5.74) is 2.37. The molecule has 0 saturated carbocycles. The van der Waals surface area contributed by atoms with Crippen molar-refractivity contribution in [3.8, 4) is 0 Å². The molecule has 144 valence electrons. The van der Waals surface area contributed by atoms with Crippen molar-refractivity contribution in [2.75, 3.05) is 23.8 Å². The zero-order valence-corrected chi connectivity index (χ0v) is 16.1. The molecule has 1 heterocycles. The summed E-state index contributed by atoms with van der Waals surface area (Å²) in [6, 6.07) is 14.6. The average Bonchev–Trinajstić information content (AvgIpc) is 2.69. The van der Waals surface area contributed by atoms with Crippen LogP contribution in [-0.2, 0) is 11.2 Å². The number of anilines is 3. The highest BCUT2D eigenvalue weighted by Gasteiger charge is 2.07. The molecular formula is C20H20ClN5O2. The van der Waals surface area contributed by atoms with Crippen LogP contribution in [0, 0.1) is 0 Å². The van der Waals surface area contributed by atoms with Gasteiger partial charge in [-0.3, -0.25) is 0 Å². The van der Waals surface area contributed by atoms with Crippen LogP contribution in [0.4, 0.5) is 17.5 Å². The predicted octanol–water partition coefficient (Wildman–Crippen LogP) is 4.10. The Balaban J connectivity index is 1.56. The SMILES string of the molecule is CCOC(=O)c1ccc(Nc2nncc(NCCc3cccc(Cl)c3)n2)cc1. The molecule has 0 radical (unpaired) electrons. The number of carbonyl (C=O) groups is 1. The summed E-state index contributed by atoms with van der Waals surface area (Å²) in [5, 5.41) is 14.9. The molecule has 28 heavy (non-hydrogen) atoms. The van der Waals surface area contributed by atoms with E-state index >= 15 is 0 Å². The lowest BCUT2D eigenvalue weighted by Gasteiger charge is -2.08. The summed E-state index contributed by atoms with van der Waals surface area (Å²) in [6.07, 6.45) is 2.37. The molecule has 0 bridgehead atoms. The van der Waals surface area contributed by atoms with Crippen molar-refractivity contribution in [2.24, 2.45) is 0 Å². The number of ether oxygens (including phenoxy) is 1. The molecule has 0 saturated heterocycles. The van der Waals surface area contributed by atoms with Crippen LogP contribution in [0.1, 0.15) is 22.8 Å². The molecular weight excluding hydrogens is 378 g/mol. The average molecular weight is 398 g/mol. The second-order valence-corrected chi connectivity index (χ2v) is 6.33. The first-order valence-corrected chi connectivity index (χ1v) is 9.24. The lowest BCUT2D eigenvalue weighted by molar-refractivity contribution is 0.0526. The zero-order chi connectivity index (χ0) is 19.8. The van der Waals surface area contributed by atoms with Crippen LogP contribution in [0.15, 0.2) is 54.7 Å².